The van der Waals surface area contributed by atoms with Crippen molar-refractivity contribution < 1.29 is 14.8 Å². The summed E-state index contributed by atoms with van der Waals surface area (Å²) in [5.74, 6) is -1.29. The molecular weight excluding hydrogens is 274 g/mol. The van der Waals surface area contributed by atoms with E-state index < -0.39 is 10.9 Å². The summed E-state index contributed by atoms with van der Waals surface area (Å²) < 4.78 is 0. The summed E-state index contributed by atoms with van der Waals surface area (Å²) >= 11 is 0. The highest BCUT2D eigenvalue weighted by Gasteiger charge is 2.28. The van der Waals surface area contributed by atoms with Crippen molar-refractivity contribution >= 4 is 17.3 Å². The molecule has 0 aliphatic heterocycles. The summed E-state index contributed by atoms with van der Waals surface area (Å²) in [7, 11) is 0. The van der Waals surface area contributed by atoms with Crippen LogP contribution < -0.4 is 5.32 Å². The standard InChI is InChI=1S/C14H19N3O4/c1-2-16(10-6-7-10)9-8-15-12-5-3-4-11(14(18)19)13(12)17(20)21/h3-5,10,15H,2,6-9H2,1H3,(H,18,19). The first-order valence-electron chi connectivity index (χ1n) is 7.03. The number of nitrogens with one attached hydrogen (secondary N) is 1. The van der Waals surface area contributed by atoms with E-state index in [1.807, 2.05) is 0 Å². The van der Waals surface area contributed by atoms with E-state index in [0.717, 1.165) is 13.1 Å². The molecule has 2 N–H and O–H groups in total. The number of para-hydroxylation sites is 1. The zero-order valence-corrected chi connectivity index (χ0v) is 11.9. The van der Waals surface area contributed by atoms with Gasteiger partial charge in [0.15, 0.2) is 0 Å². The number of rotatable bonds is 8. The molecule has 7 nitrogen and oxygen atoms in total. The Balaban J connectivity index is 2.06. The molecule has 1 aliphatic carbocycles. The van der Waals surface area contributed by atoms with Crippen LogP contribution in [0.4, 0.5) is 11.4 Å². The lowest BCUT2D eigenvalue weighted by atomic mass is 10.1. The van der Waals surface area contributed by atoms with Crippen molar-refractivity contribution in [3.05, 3.63) is 33.9 Å². The Morgan fingerprint density at radius 1 is 1.52 bits per heavy atom. The second-order valence-corrected chi connectivity index (χ2v) is 5.05. The number of nitro groups is 1. The molecule has 0 aromatic heterocycles. The van der Waals surface area contributed by atoms with Gasteiger partial charge in [-0.1, -0.05) is 13.0 Å². The number of hydrogen-bond acceptors (Lipinski definition) is 5. The van der Waals surface area contributed by atoms with Crippen LogP contribution in [0.25, 0.3) is 0 Å². The van der Waals surface area contributed by atoms with Gasteiger partial charge in [-0.25, -0.2) is 4.79 Å². The van der Waals surface area contributed by atoms with Gasteiger partial charge < -0.3 is 10.4 Å². The molecule has 0 atom stereocenters. The van der Waals surface area contributed by atoms with Crippen LogP contribution in [-0.4, -0.2) is 46.6 Å². The maximum Gasteiger partial charge on any atom is 0.342 e. The van der Waals surface area contributed by atoms with Crippen molar-refractivity contribution in [2.45, 2.75) is 25.8 Å². The average Bonchev–Trinajstić information content (AvgIpc) is 3.27. The lowest BCUT2D eigenvalue weighted by Gasteiger charge is -2.20. The van der Waals surface area contributed by atoms with Crippen LogP contribution in [-0.2, 0) is 0 Å². The van der Waals surface area contributed by atoms with Crippen LogP contribution in [0.2, 0.25) is 0 Å². The summed E-state index contributed by atoms with van der Waals surface area (Å²) in [6.07, 6.45) is 2.42. The van der Waals surface area contributed by atoms with Gasteiger partial charge in [0.1, 0.15) is 11.3 Å². The van der Waals surface area contributed by atoms with Gasteiger partial charge in [-0.05, 0) is 31.5 Å². The minimum atomic E-state index is -1.29. The highest BCUT2D eigenvalue weighted by molar-refractivity contribution is 5.95. The lowest BCUT2D eigenvalue weighted by molar-refractivity contribution is -0.384. The maximum absolute atomic E-state index is 11.1. The van der Waals surface area contributed by atoms with Gasteiger partial charge in [-0.2, -0.15) is 0 Å². The number of nitro benzene ring substituents is 1. The Morgan fingerprint density at radius 2 is 2.24 bits per heavy atom. The van der Waals surface area contributed by atoms with Gasteiger partial charge in [-0.15, -0.1) is 0 Å². The van der Waals surface area contributed by atoms with E-state index in [1.54, 1.807) is 0 Å². The van der Waals surface area contributed by atoms with Crippen molar-refractivity contribution in [3.8, 4) is 0 Å². The molecule has 0 amide bonds. The minimum absolute atomic E-state index is 0.256. The quantitative estimate of drug-likeness (QED) is 0.563. The van der Waals surface area contributed by atoms with E-state index in [0.29, 0.717) is 12.6 Å². The van der Waals surface area contributed by atoms with Gasteiger partial charge in [0.2, 0.25) is 0 Å². The summed E-state index contributed by atoms with van der Waals surface area (Å²) in [6.45, 7) is 4.37. The van der Waals surface area contributed by atoms with Crippen LogP contribution in [0.15, 0.2) is 18.2 Å². The highest BCUT2D eigenvalue weighted by atomic mass is 16.6. The number of hydrogen-bond donors (Lipinski definition) is 2. The zero-order chi connectivity index (χ0) is 15.4. The largest absolute Gasteiger partial charge is 0.477 e. The fraction of sp³-hybridized carbons (Fsp3) is 0.500. The SMILES string of the molecule is CCN(CCNc1cccc(C(=O)O)c1[N+](=O)[O-])C1CC1. The Morgan fingerprint density at radius 3 is 2.76 bits per heavy atom. The van der Waals surface area contributed by atoms with E-state index in [9.17, 15) is 14.9 Å². The number of likely N-dealkylation sites (N-methyl/N-ethyl adjacent to an activating group) is 1. The second kappa shape index (κ2) is 6.53. The highest BCUT2D eigenvalue weighted by Crippen LogP contribution is 2.29. The van der Waals surface area contributed by atoms with Crippen LogP contribution in [0, 0.1) is 10.1 Å². The van der Waals surface area contributed by atoms with Gasteiger partial charge in [0.05, 0.1) is 4.92 Å². The number of aromatic carboxylic acids is 1. The summed E-state index contributed by atoms with van der Waals surface area (Å²) in [5, 5.41) is 23.1. The molecule has 7 heteroatoms. The van der Waals surface area contributed by atoms with Gasteiger partial charge in [0.25, 0.3) is 0 Å². The molecule has 0 spiro atoms. The normalized spacial score (nSPS) is 14.2. The molecule has 0 saturated heterocycles. The predicted molar refractivity (Wildman–Crippen MR) is 78.8 cm³/mol. The molecule has 0 bridgehead atoms. The van der Waals surface area contributed by atoms with E-state index in [-0.39, 0.29) is 16.9 Å². The van der Waals surface area contributed by atoms with Crippen molar-refractivity contribution in [2.75, 3.05) is 25.0 Å². The third-order valence-corrected chi connectivity index (χ3v) is 3.63. The zero-order valence-electron chi connectivity index (χ0n) is 11.9. The number of carbonyl (C=O) groups is 1. The van der Waals surface area contributed by atoms with Crippen LogP contribution >= 0.6 is 0 Å². The van der Waals surface area contributed by atoms with Gasteiger partial charge in [0, 0.05) is 19.1 Å². The van der Waals surface area contributed by atoms with Crippen LogP contribution in [0.3, 0.4) is 0 Å². The Labute approximate surface area is 122 Å². The van der Waals surface area contributed by atoms with Gasteiger partial charge >= 0.3 is 11.7 Å². The van der Waals surface area contributed by atoms with E-state index in [4.69, 9.17) is 5.11 Å². The fourth-order valence-corrected chi connectivity index (χ4v) is 2.43. The number of carboxylic acids is 1. The lowest BCUT2D eigenvalue weighted by Crippen LogP contribution is -2.31. The van der Waals surface area contributed by atoms with E-state index in [1.165, 1.54) is 31.0 Å². The first-order valence-corrected chi connectivity index (χ1v) is 7.03. The molecule has 1 fully saturated rings. The number of anilines is 1. The molecule has 21 heavy (non-hydrogen) atoms. The first kappa shape index (κ1) is 15.2. The molecule has 1 aromatic carbocycles. The third kappa shape index (κ3) is 3.69. The molecule has 0 radical (unpaired) electrons. The minimum Gasteiger partial charge on any atom is -0.477 e. The summed E-state index contributed by atoms with van der Waals surface area (Å²) in [4.78, 5) is 23.8. The van der Waals surface area contributed by atoms with Crippen molar-refractivity contribution in [3.63, 3.8) is 0 Å². The molecule has 0 unspecified atom stereocenters. The molecule has 1 saturated carbocycles. The average molecular weight is 293 g/mol. The topological polar surface area (TPSA) is 95.7 Å². The van der Waals surface area contributed by atoms with Crippen molar-refractivity contribution in [1.29, 1.82) is 0 Å². The van der Waals surface area contributed by atoms with Crippen LogP contribution in [0.1, 0.15) is 30.1 Å². The Hall–Kier alpha value is -2.15. The smallest absolute Gasteiger partial charge is 0.342 e. The second-order valence-electron chi connectivity index (χ2n) is 5.05. The molecule has 2 rings (SSSR count). The van der Waals surface area contributed by atoms with E-state index >= 15 is 0 Å². The summed E-state index contributed by atoms with van der Waals surface area (Å²) in [5.41, 5.74) is -0.411. The molecule has 1 aromatic rings. The predicted octanol–water partition coefficient (Wildman–Crippen LogP) is 2.19. The molecule has 0 heterocycles. The molecule has 114 valence electrons. The van der Waals surface area contributed by atoms with Crippen molar-refractivity contribution in [1.82, 2.24) is 4.90 Å². The number of carboxylic acid groups (broad SMARTS) is 1. The van der Waals surface area contributed by atoms with E-state index in [2.05, 4.69) is 17.1 Å². The molecular formula is C14H19N3O4. The fourth-order valence-electron chi connectivity index (χ4n) is 2.43. The Kier molecular flexibility index (Phi) is 4.74. The monoisotopic (exact) mass is 293 g/mol. The summed E-state index contributed by atoms with van der Waals surface area (Å²) in [6, 6.07) is 4.93. The molecule has 1 aliphatic rings. The van der Waals surface area contributed by atoms with Crippen LogP contribution in [0.5, 0.6) is 0 Å². The maximum atomic E-state index is 11.1. The van der Waals surface area contributed by atoms with Gasteiger partial charge in [-0.3, -0.25) is 15.0 Å². The number of benzene rings is 1. The number of nitrogens with zero attached hydrogens (tertiary/aromatic N) is 2. The Bertz CT molecular complexity index is 543. The van der Waals surface area contributed by atoms with Crippen molar-refractivity contribution in [2.24, 2.45) is 0 Å². The first-order chi connectivity index (χ1) is 10.0. The third-order valence-electron chi connectivity index (χ3n) is 3.63.